The lowest BCUT2D eigenvalue weighted by Crippen LogP contribution is -1.94. The monoisotopic (exact) mass is 312 g/mol. The fourth-order valence-corrected chi connectivity index (χ4v) is 2.01. The molecule has 0 saturated carbocycles. The van der Waals surface area contributed by atoms with Crippen molar-refractivity contribution in [2.75, 3.05) is 0 Å². The van der Waals surface area contributed by atoms with E-state index in [9.17, 15) is 8.78 Å². The average molecular weight is 313 g/mol. The predicted molar refractivity (Wildman–Crippen MR) is 70.2 cm³/mol. The molecule has 2 rings (SSSR count). The van der Waals surface area contributed by atoms with Crippen LogP contribution in [0.4, 0.5) is 8.78 Å². The van der Waals surface area contributed by atoms with Gasteiger partial charge in [-0.05, 0) is 36.8 Å². The lowest BCUT2D eigenvalue weighted by atomic mass is 10.2. The largest absolute Gasteiger partial charge is 0.454 e. The molecule has 0 amide bonds. The topological polar surface area (TPSA) is 9.23 Å². The zero-order valence-electron chi connectivity index (χ0n) is 9.71. The van der Waals surface area contributed by atoms with Crippen molar-refractivity contribution in [3.8, 4) is 11.5 Å². The molecule has 4 heteroatoms. The van der Waals surface area contributed by atoms with Crippen molar-refractivity contribution in [3.63, 3.8) is 0 Å². The molecule has 0 fully saturated rings. The van der Waals surface area contributed by atoms with Crippen molar-refractivity contribution in [2.45, 2.75) is 12.3 Å². The molecule has 0 atom stereocenters. The standard InChI is InChI=1S/C14H11BrF2O/c1-9-7-11(5-6-12(9)16)18-14-10(8-15)3-2-4-13(14)17/h2-7H,8H2,1H3. The van der Waals surface area contributed by atoms with Gasteiger partial charge in [0.05, 0.1) is 0 Å². The molecule has 0 heterocycles. The van der Waals surface area contributed by atoms with E-state index in [2.05, 4.69) is 15.9 Å². The SMILES string of the molecule is Cc1cc(Oc2c(F)cccc2CBr)ccc1F. The van der Waals surface area contributed by atoms with Crippen LogP contribution in [0.25, 0.3) is 0 Å². The molecule has 2 aromatic rings. The van der Waals surface area contributed by atoms with E-state index in [0.29, 0.717) is 22.2 Å². The lowest BCUT2D eigenvalue weighted by Gasteiger charge is -2.11. The van der Waals surface area contributed by atoms with E-state index in [1.54, 1.807) is 25.1 Å². The van der Waals surface area contributed by atoms with Crippen molar-refractivity contribution in [1.29, 1.82) is 0 Å². The number of ether oxygens (including phenoxy) is 1. The fourth-order valence-electron chi connectivity index (χ4n) is 1.57. The van der Waals surface area contributed by atoms with Crippen LogP contribution in [0.1, 0.15) is 11.1 Å². The molecule has 0 bridgehead atoms. The summed E-state index contributed by atoms with van der Waals surface area (Å²) in [4.78, 5) is 0. The van der Waals surface area contributed by atoms with Crippen molar-refractivity contribution in [3.05, 3.63) is 59.2 Å². The van der Waals surface area contributed by atoms with Crippen LogP contribution in [0.5, 0.6) is 11.5 Å². The number of hydrogen-bond donors (Lipinski definition) is 0. The zero-order valence-corrected chi connectivity index (χ0v) is 11.3. The average Bonchev–Trinajstić information content (AvgIpc) is 2.36. The highest BCUT2D eigenvalue weighted by molar-refractivity contribution is 9.08. The first-order chi connectivity index (χ1) is 8.61. The molecule has 0 aliphatic carbocycles. The molecule has 0 saturated heterocycles. The number of rotatable bonds is 3. The molecule has 2 aromatic carbocycles. The highest BCUT2D eigenvalue weighted by atomic mass is 79.9. The van der Waals surface area contributed by atoms with Crippen LogP contribution in [0.3, 0.4) is 0 Å². The van der Waals surface area contributed by atoms with Crippen LogP contribution in [0, 0.1) is 18.6 Å². The Hall–Kier alpha value is -1.42. The number of para-hydroxylation sites is 1. The first-order valence-corrected chi connectivity index (χ1v) is 6.51. The highest BCUT2D eigenvalue weighted by Crippen LogP contribution is 2.30. The molecule has 0 spiro atoms. The molecule has 1 nitrogen and oxygen atoms in total. The third-order valence-corrected chi connectivity index (χ3v) is 3.15. The summed E-state index contributed by atoms with van der Waals surface area (Å²) in [6.45, 7) is 1.63. The van der Waals surface area contributed by atoms with Gasteiger partial charge in [-0.1, -0.05) is 28.1 Å². The second-order valence-corrected chi connectivity index (χ2v) is 4.44. The van der Waals surface area contributed by atoms with Gasteiger partial charge in [0.1, 0.15) is 11.6 Å². The third kappa shape index (κ3) is 2.70. The van der Waals surface area contributed by atoms with E-state index in [0.717, 1.165) is 0 Å². The molecule has 0 N–H and O–H groups in total. The van der Waals surface area contributed by atoms with E-state index in [-0.39, 0.29) is 11.6 Å². The number of alkyl halides is 1. The quantitative estimate of drug-likeness (QED) is 0.728. The van der Waals surface area contributed by atoms with Gasteiger partial charge in [-0.25, -0.2) is 8.78 Å². The van der Waals surface area contributed by atoms with Crippen LogP contribution in [-0.2, 0) is 5.33 Å². The Bertz CT molecular complexity index is 570. The van der Waals surface area contributed by atoms with E-state index >= 15 is 0 Å². The summed E-state index contributed by atoms with van der Waals surface area (Å²) in [7, 11) is 0. The van der Waals surface area contributed by atoms with E-state index in [1.165, 1.54) is 18.2 Å². The van der Waals surface area contributed by atoms with Gasteiger partial charge >= 0.3 is 0 Å². The molecular weight excluding hydrogens is 302 g/mol. The second-order valence-electron chi connectivity index (χ2n) is 3.87. The van der Waals surface area contributed by atoms with Crippen molar-refractivity contribution in [1.82, 2.24) is 0 Å². The smallest absolute Gasteiger partial charge is 0.167 e. The van der Waals surface area contributed by atoms with Gasteiger partial charge in [-0.2, -0.15) is 0 Å². The maximum atomic E-state index is 13.7. The summed E-state index contributed by atoms with van der Waals surface area (Å²) in [5.74, 6) is -0.160. The number of halogens is 3. The van der Waals surface area contributed by atoms with Crippen LogP contribution >= 0.6 is 15.9 Å². The van der Waals surface area contributed by atoms with Gasteiger partial charge in [0.15, 0.2) is 11.6 Å². The molecule has 94 valence electrons. The maximum Gasteiger partial charge on any atom is 0.167 e. The van der Waals surface area contributed by atoms with Gasteiger partial charge in [0, 0.05) is 10.9 Å². The Balaban J connectivity index is 2.36. The van der Waals surface area contributed by atoms with Gasteiger partial charge in [-0.3, -0.25) is 0 Å². The number of aryl methyl sites for hydroxylation is 1. The van der Waals surface area contributed by atoms with Crippen LogP contribution in [-0.4, -0.2) is 0 Å². The minimum atomic E-state index is -0.436. The Morgan fingerprint density at radius 2 is 1.89 bits per heavy atom. The zero-order chi connectivity index (χ0) is 13.1. The second kappa shape index (κ2) is 5.48. The van der Waals surface area contributed by atoms with E-state index in [1.807, 2.05) is 0 Å². The van der Waals surface area contributed by atoms with Crippen molar-refractivity contribution < 1.29 is 13.5 Å². The highest BCUT2D eigenvalue weighted by Gasteiger charge is 2.10. The summed E-state index contributed by atoms with van der Waals surface area (Å²) < 4.78 is 32.3. The van der Waals surface area contributed by atoms with E-state index in [4.69, 9.17) is 4.74 Å². The van der Waals surface area contributed by atoms with E-state index < -0.39 is 5.82 Å². The molecule has 0 aliphatic heterocycles. The predicted octanol–water partition coefficient (Wildman–Crippen LogP) is 4.96. The van der Waals surface area contributed by atoms with Crippen LogP contribution in [0.2, 0.25) is 0 Å². The minimum Gasteiger partial charge on any atom is -0.454 e. The Morgan fingerprint density at radius 1 is 1.11 bits per heavy atom. The van der Waals surface area contributed by atoms with Crippen molar-refractivity contribution >= 4 is 15.9 Å². The Labute approximate surface area is 113 Å². The normalized spacial score (nSPS) is 10.4. The molecule has 0 aliphatic rings. The van der Waals surface area contributed by atoms with Crippen molar-refractivity contribution in [2.24, 2.45) is 0 Å². The van der Waals surface area contributed by atoms with Gasteiger partial charge < -0.3 is 4.74 Å². The van der Waals surface area contributed by atoms with Gasteiger partial charge in [-0.15, -0.1) is 0 Å². The molecule has 18 heavy (non-hydrogen) atoms. The Morgan fingerprint density at radius 3 is 2.56 bits per heavy atom. The lowest BCUT2D eigenvalue weighted by molar-refractivity contribution is 0.437. The molecular formula is C14H11BrF2O. The third-order valence-electron chi connectivity index (χ3n) is 2.54. The summed E-state index contributed by atoms with van der Waals surface area (Å²) >= 11 is 3.28. The minimum absolute atomic E-state index is 0.167. The first kappa shape index (κ1) is 13.0. The number of benzene rings is 2. The van der Waals surface area contributed by atoms with Crippen LogP contribution in [0.15, 0.2) is 36.4 Å². The molecule has 0 aromatic heterocycles. The summed E-state index contributed by atoms with van der Waals surface area (Å²) in [6.07, 6.45) is 0. The van der Waals surface area contributed by atoms with Gasteiger partial charge in [0.25, 0.3) is 0 Å². The number of hydrogen-bond acceptors (Lipinski definition) is 1. The molecule has 0 radical (unpaired) electrons. The maximum absolute atomic E-state index is 13.7. The first-order valence-electron chi connectivity index (χ1n) is 5.39. The summed E-state index contributed by atoms with van der Waals surface area (Å²) in [6, 6.07) is 9.04. The van der Waals surface area contributed by atoms with Crippen LogP contribution < -0.4 is 4.74 Å². The molecule has 0 unspecified atom stereocenters. The van der Waals surface area contributed by atoms with Gasteiger partial charge in [0.2, 0.25) is 0 Å². The summed E-state index contributed by atoms with van der Waals surface area (Å²) in [5, 5.41) is 0.486. The fraction of sp³-hybridized carbons (Fsp3) is 0.143. The summed E-state index contributed by atoms with van der Waals surface area (Å²) in [5.41, 5.74) is 1.17. The Kier molecular flexibility index (Phi) is 3.97.